The van der Waals surface area contributed by atoms with Gasteiger partial charge in [-0.05, 0) is 36.9 Å². The Balaban J connectivity index is 1.87. The number of carbonyl (C=O) groups is 1. The van der Waals surface area contributed by atoms with E-state index in [1.807, 2.05) is 24.4 Å². The van der Waals surface area contributed by atoms with Gasteiger partial charge in [-0.2, -0.15) is 0 Å². The minimum Gasteiger partial charge on any atom is -0.384 e. The van der Waals surface area contributed by atoms with Gasteiger partial charge in [0.05, 0.1) is 11.9 Å². The van der Waals surface area contributed by atoms with Crippen molar-refractivity contribution in [2.75, 3.05) is 11.9 Å². The van der Waals surface area contributed by atoms with Crippen LogP contribution in [0.15, 0.2) is 35.8 Å². The lowest BCUT2D eigenvalue weighted by molar-refractivity contribution is 0.0935. The van der Waals surface area contributed by atoms with Gasteiger partial charge in [0.15, 0.2) is 0 Å². The lowest BCUT2D eigenvalue weighted by atomic mass is 10.2. The fourth-order valence-electron chi connectivity index (χ4n) is 1.98. The summed E-state index contributed by atoms with van der Waals surface area (Å²) in [5.41, 5.74) is 1.40. The molecule has 0 radical (unpaired) electrons. The number of nitrogens with zero attached hydrogens (tertiary/aromatic N) is 1. The van der Waals surface area contributed by atoms with Crippen molar-refractivity contribution in [1.82, 2.24) is 10.3 Å². The first kappa shape index (κ1) is 15.5. The van der Waals surface area contributed by atoms with Gasteiger partial charge in [0.1, 0.15) is 5.69 Å². The van der Waals surface area contributed by atoms with Crippen LogP contribution in [0.3, 0.4) is 0 Å². The maximum atomic E-state index is 12.1. The Morgan fingerprint density at radius 1 is 1.38 bits per heavy atom. The van der Waals surface area contributed by atoms with Crippen molar-refractivity contribution in [3.8, 4) is 0 Å². The molecule has 1 unspecified atom stereocenters. The summed E-state index contributed by atoms with van der Waals surface area (Å²) in [4.78, 5) is 17.6. The summed E-state index contributed by atoms with van der Waals surface area (Å²) in [6.07, 6.45) is 3.61. The van der Waals surface area contributed by atoms with E-state index in [1.54, 1.807) is 23.6 Å². The van der Waals surface area contributed by atoms with Crippen molar-refractivity contribution in [1.29, 1.82) is 0 Å². The molecule has 0 aliphatic rings. The van der Waals surface area contributed by atoms with Crippen LogP contribution in [0.5, 0.6) is 0 Å². The summed E-state index contributed by atoms with van der Waals surface area (Å²) < 4.78 is 0. The zero-order valence-electron chi connectivity index (χ0n) is 12.4. The lowest BCUT2D eigenvalue weighted by Gasteiger charge is -2.13. The molecule has 0 aliphatic heterocycles. The topological polar surface area (TPSA) is 54.0 Å². The van der Waals surface area contributed by atoms with Crippen LogP contribution in [0.2, 0.25) is 0 Å². The molecule has 0 bridgehead atoms. The van der Waals surface area contributed by atoms with Gasteiger partial charge in [-0.25, -0.2) is 4.98 Å². The monoisotopic (exact) mass is 303 g/mol. The molecule has 0 saturated carbocycles. The highest BCUT2D eigenvalue weighted by molar-refractivity contribution is 7.09. The normalized spacial score (nSPS) is 11.9. The molecule has 1 atom stereocenters. The Labute approximate surface area is 129 Å². The maximum Gasteiger partial charge on any atom is 0.270 e. The van der Waals surface area contributed by atoms with E-state index in [-0.39, 0.29) is 11.9 Å². The first-order chi connectivity index (χ1) is 10.2. The molecule has 5 heteroatoms. The number of carbonyl (C=O) groups excluding carboxylic acids is 1. The lowest BCUT2D eigenvalue weighted by Crippen LogP contribution is -2.34. The molecule has 1 amide bonds. The van der Waals surface area contributed by atoms with Gasteiger partial charge >= 0.3 is 0 Å². The van der Waals surface area contributed by atoms with Crippen LogP contribution in [0.4, 0.5) is 5.69 Å². The van der Waals surface area contributed by atoms with Gasteiger partial charge in [-0.15, -0.1) is 11.3 Å². The summed E-state index contributed by atoms with van der Waals surface area (Å²) in [7, 11) is 0. The second-order valence-corrected chi connectivity index (χ2v) is 6.05. The quantitative estimate of drug-likeness (QED) is 0.825. The third-order valence-electron chi connectivity index (χ3n) is 3.04. The number of anilines is 1. The number of aromatic nitrogens is 1. The molecular weight excluding hydrogens is 282 g/mol. The Morgan fingerprint density at radius 2 is 2.24 bits per heavy atom. The Hall–Kier alpha value is -1.88. The van der Waals surface area contributed by atoms with Crippen molar-refractivity contribution in [2.24, 2.45) is 0 Å². The van der Waals surface area contributed by atoms with Crippen LogP contribution in [0, 0.1) is 0 Å². The summed E-state index contributed by atoms with van der Waals surface area (Å²) in [6.45, 7) is 5.02. The van der Waals surface area contributed by atoms with Gasteiger partial charge in [0, 0.05) is 23.9 Å². The van der Waals surface area contributed by atoms with E-state index in [1.165, 1.54) is 4.88 Å². The summed E-state index contributed by atoms with van der Waals surface area (Å²) in [6, 6.07) is 7.85. The molecule has 0 fully saturated rings. The van der Waals surface area contributed by atoms with E-state index in [2.05, 4.69) is 28.6 Å². The smallest absolute Gasteiger partial charge is 0.270 e. The number of rotatable bonds is 7. The minimum absolute atomic E-state index is 0.0934. The van der Waals surface area contributed by atoms with Gasteiger partial charge < -0.3 is 10.6 Å². The number of thiophene rings is 1. The number of nitrogens with one attached hydrogen (secondary N) is 2. The van der Waals surface area contributed by atoms with Crippen LogP contribution < -0.4 is 10.6 Å². The molecule has 2 N–H and O–H groups in total. The molecule has 0 aromatic carbocycles. The van der Waals surface area contributed by atoms with E-state index in [9.17, 15) is 4.79 Å². The van der Waals surface area contributed by atoms with Crippen LogP contribution in [-0.2, 0) is 6.42 Å². The number of pyridine rings is 1. The second kappa shape index (κ2) is 7.78. The van der Waals surface area contributed by atoms with Crippen LogP contribution in [-0.4, -0.2) is 23.5 Å². The van der Waals surface area contributed by atoms with Crippen molar-refractivity contribution in [3.63, 3.8) is 0 Å². The highest BCUT2D eigenvalue weighted by Gasteiger charge is 2.11. The zero-order chi connectivity index (χ0) is 15.1. The first-order valence-electron chi connectivity index (χ1n) is 7.22. The van der Waals surface area contributed by atoms with E-state index >= 15 is 0 Å². The van der Waals surface area contributed by atoms with Gasteiger partial charge in [0.2, 0.25) is 0 Å². The number of amides is 1. The molecule has 0 saturated heterocycles. The van der Waals surface area contributed by atoms with Crippen molar-refractivity contribution >= 4 is 22.9 Å². The largest absolute Gasteiger partial charge is 0.384 e. The predicted molar refractivity (Wildman–Crippen MR) is 88.0 cm³/mol. The van der Waals surface area contributed by atoms with Crippen LogP contribution >= 0.6 is 11.3 Å². The van der Waals surface area contributed by atoms with Crippen LogP contribution in [0.25, 0.3) is 0 Å². The van der Waals surface area contributed by atoms with E-state index in [0.717, 1.165) is 25.1 Å². The highest BCUT2D eigenvalue weighted by Crippen LogP contribution is 2.11. The third-order valence-corrected chi connectivity index (χ3v) is 3.94. The molecule has 2 rings (SSSR count). The van der Waals surface area contributed by atoms with E-state index in [0.29, 0.717) is 5.69 Å². The Kier molecular flexibility index (Phi) is 5.75. The fourth-order valence-corrected chi connectivity index (χ4v) is 2.82. The SMILES string of the molecule is CCCNc1ccc(C(=O)NC(C)Cc2cccs2)nc1. The summed E-state index contributed by atoms with van der Waals surface area (Å²) in [5, 5.41) is 8.27. The second-order valence-electron chi connectivity index (χ2n) is 5.02. The molecule has 2 aromatic heterocycles. The number of hydrogen-bond acceptors (Lipinski definition) is 4. The standard InChI is InChI=1S/C16H21N3OS/c1-3-8-17-13-6-7-15(18-11-13)16(20)19-12(2)10-14-5-4-9-21-14/h4-7,9,11-12,17H,3,8,10H2,1-2H3,(H,19,20). The van der Waals surface area contributed by atoms with Gasteiger partial charge in [-0.3, -0.25) is 4.79 Å². The first-order valence-corrected chi connectivity index (χ1v) is 8.10. The summed E-state index contributed by atoms with van der Waals surface area (Å²) in [5.74, 6) is -0.124. The molecule has 112 valence electrons. The molecular formula is C16H21N3OS. The predicted octanol–water partition coefficient (Wildman–Crippen LogP) is 3.33. The Bertz CT molecular complexity index is 551. The van der Waals surface area contributed by atoms with Crippen molar-refractivity contribution in [2.45, 2.75) is 32.7 Å². The average molecular weight is 303 g/mol. The Morgan fingerprint density at radius 3 is 2.86 bits per heavy atom. The fraction of sp³-hybridized carbons (Fsp3) is 0.375. The molecule has 21 heavy (non-hydrogen) atoms. The molecule has 0 aliphatic carbocycles. The van der Waals surface area contributed by atoms with E-state index in [4.69, 9.17) is 0 Å². The molecule has 2 heterocycles. The molecule has 2 aromatic rings. The minimum atomic E-state index is -0.124. The zero-order valence-corrected chi connectivity index (χ0v) is 13.2. The summed E-state index contributed by atoms with van der Waals surface area (Å²) >= 11 is 1.71. The van der Waals surface area contributed by atoms with Crippen molar-refractivity contribution in [3.05, 3.63) is 46.4 Å². The maximum absolute atomic E-state index is 12.1. The highest BCUT2D eigenvalue weighted by atomic mass is 32.1. The average Bonchev–Trinajstić information content (AvgIpc) is 2.98. The number of hydrogen-bond donors (Lipinski definition) is 2. The molecule has 4 nitrogen and oxygen atoms in total. The molecule has 0 spiro atoms. The van der Waals surface area contributed by atoms with Crippen LogP contribution in [0.1, 0.15) is 35.6 Å². The van der Waals surface area contributed by atoms with Crippen molar-refractivity contribution < 1.29 is 4.79 Å². The van der Waals surface area contributed by atoms with Gasteiger partial charge in [-0.1, -0.05) is 13.0 Å². The third kappa shape index (κ3) is 4.86. The van der Waals surface area contributed by atoms with Gasteiger partial charge in [0.25, 0.3) is 5.91 Å². The van der Waals surface area contributed by atoms with E-state index < -0.39 is 0 Å².